The van der Waals surface area contributed by atoms with E-state index in [1.807, 2.05) is 23.6 Å². The second kappa shape index (κ2) is 8.53. The number of benzene rings is 1. The number of sulfonamides is 1. The molecule has 4 rings (SSSR count). The Morgan fingerprint density at radius 3 is 2.43 bits per heavy atom. The minimum atomic E-state index is -3.50. The molecule has 2 aliphatic rings. The maximum Gasteiger partial charge on any atom is 0.323 e. The van der Waals surface area contributed by atoms with Crippen molar-refractivity contribution in [2.45, 2.75) is 50.5 Å². The molecule has 1 aliphatic heterocycles. The number of rotatable bonds is 6. The summed E-state index contributed by atoms with van der Waals surface area (Å²) in [7, 11) is -3.50. The second-order valence-corrected chi connectivity index (χ2v) is 9.95. The molecule has 0 saturated carbocycles. The molecule has 7 nitrogen and oxygen atoms in total. The van der Waals surface area contributed by atoms with Crippen LogP contribution in [0.25, 0.3) is 0 Å². The molecule has 1 aliphatic carbocycles. The number of hydrogen-bond donors (Lipinski definition) is 1. The number of aromatic nitrogens is 1. The molecule has 1 fully saturated rings. The summed E-state index contributed by atoms with van der Waals surface area (Å²) in [4.78, 5) is 11.6. The fraction of sp³-hybridized carbons (Fsp3) is 0.500. The lowest BCUT2D eigenvalue weighted by Crippen LogP contribution is -2.40. The van der Waals surface area contributed by atoms with E-state index in [2.05, 4.69) is 0 Å². The molecule has 8 heteroatoms. The van der Waals surface area contributed by atoms with E-state index >= 15 is 0 Å². The van der Waals surface area contributed by atoms with Gasteiger partial charge in [0.15, 0.2) is 0 Å². The van der Waals surface area contributed by atoms with E-state index in [1.54, 1.807) is 12.1 Å². The zero-order valence-electron chi connectivity index (χ0n) is 17.3. The summed E-state index contributed by atoms with van der Waals surface area (Å²) >= 11 is 0. The lowest BCUT2D eigenvalue weighted by atomic mass is 9.92. The van der Waals surface area contributed by atoms with Gasteiger partial charge in [-0.2, -0.15) is 4.31 Å². The van der Waals surface area contributed by atoms with E-state index in [9.17, 15) is 18.3 Å². The minimum Gasteiger partial charge on any atom is -0.480 e. The number of aliphatic carboxylic acids is 1. The number of hydrogen-bond acceptors (Lipinski definition) is 4. The van der Waals surface area contributed by atoms with Crippen LogP contribution in [0.1, 0.15) is 40.9 Å². The highest BCUT2D eigenvalue weighted by atomic mass is 32.2. The zero-order valence-corrected chi connectivity index (χ0v) is 18.1. The number of fused-ring (bicyclic) bond motifs is 1. The second-order valence-electron chi connectivity index (χ2n) is 8.01. The Hall–Kier alpha value is -2.16. The van der Waals surface area contributed by atoms with E-state index < -0.39 is 16.0 Å². The Kier molecular flexibility index (Phi) is 5.99. The fourth-order valence-corrected chi connectivity index (χ4v) is 6.01. The summed E-state index contributed by atoms with van der Waals surface area (Å²) in [5, 5.41) is 9.32. The SMILES string of the molecule is Cc1c(Cc2ccc(S(=O)(=O)N3CCOCC3)cc2)c2c(n1CC(=O)O)CCCC2. The third kappa shape index (κ3) is 4.04. The van der Waals surface area contributed by atoms with Crippen LogP contribution in [-0.2, 0) is 45.4 Å². The van der Waals surface area contributed by atoms with Gasteiger partial charge in [-0.25, -0.2) is 8.42 Å². The van der Waals surface area contributed by atoms with Crippen molar-refractivity contribution in [2.75, 3.05) is 26.3 Å². The van der Waals surface area contributed by atoms with Gasteiger partial charge >= 0.3 is 5.97 Å². The van der Waals surface area contributed by atoms with E-state index in [4.69, 9.17) is 4.74 Å². The highest BCUT2D eigenvalue weighted by molar-refractivity contribution is 7.89. The Labute approximate surface area is 177 Å². The first-order chi connectivity index (χ1) is 14.4. The normalized spacial score (nSPS) is 17.6. The number of morpholine rings is 1. The summed E-state index contributed by atoms with van der Waals surface area (Å²) in [5.74, 6) is -0.828. The molecule has 0 spiro atoms. The lowest BCUT2D eigenvalue weighted by molar-refractivity contribution is -0.137. The Morgan fingerprint density at radius 1 is 1.10 bits per heavy atom. The quantitative estimate of drug-likeness (QED) is 0.757. The van der Waals surface area contributed by atoms with E-state index in [0.717, 1.165) is 42.6 Å². The summed E-state index contributed by atoms with van der Waals surface area (Å²) in [6.45, 7) is 3.60. The van der Waals surface area contributed by atoms with Crippen LogP contribution in [0.2, 0.25) is 0 Å². The van der Waals surface area contributed by atoms with Crippen molar-refractivity contribution in [3.05, 3.63) is 52.3 Å². The fourth-order valence-electron chi connectivity index (χ4n) is 4.60. The summed E-state index contributed by atoms with van der Waals surface area (Å²) in [6, 6.07) is 7.10. The largest absolute Gasteiger partial charge is 0.480 e. The molecular formula is C22H28N2O5S. The smallest absolute Gasteiger partial charge is 0.323 e. The van der Waals surface area contributed by atoms with Crippen molar-refractivity contribution in [1.29, 1.82) is 0 Å². The van der Waals surface area contributed by atoms with Crippen LogP contribution < -0.4 is 0 Å². The predicted octanol–water partition coefficient (Wildman–Crippen LogP) is 2.37. The van der Waals surface area contributed by atoms with Crippen LogP contribution in [0, 0.1) is 6.92 Å². The van der Waals surface area contributed by atoms with Crippen LogP contribution in [0.15, 0.2) is 29.2 Å². The van der Waals surface area contributed by atoms with Gasteiger partial charge in [0.1, 0.15) is 6.54 Å². The molecule has 0 amide bonds. The van der Waals surface area contributed by atoms with Crippen molar-refractivity contribution >= 4 is 16.0 Å². The molecule has 1 saturated heterocycles. The van der Waals surface area contributed by atoms with Crippen molar-refractivity contribution in [1.82, 2.24) is 8.87 Å². The van der Waals surface area contributed by atoms with Gasteiger partial charge in [-0.1, -0.05) is 12.1 Å². The Balaban J connectivity index is 1.59. The predicted molar refractivity (Wildman–Crippen MR) is 112 cm³/mol. The highest BCUT2D eigenvalue weighted by Crippen LogP contribution is 2.32. The van der Waals surface area contributed by atoms with Gasteiger partial charge < -0.3 is 14.4 Å². The van der Waals surface area contributed by atoms with E-state index in [-0.39, 0.29) is 6.54 Å². The van der Waals surface area contributed by atoms with E-state index in [0.29, 0.717) is 37.6 Å². The first kappa shape index (κ1) is 21.1. The molecule has 30 heavy (non-hydrogen) atoms. The Bertz CT molecular complexity index is 1030. The van der Waals surface area contributed by atoms with Crippen molar-refractivity contribution in [3.8, 4) is 0 Å². The topological polar surface area (TPSA) is 88.8 Å². The number of carboxylic acids is 1. The average molecular weight is 433 g/mol. The van der Waals surface area contributed by atoms with Crippen LogP contribution >= 0.6 is 0 Å². The number of carbonyl (C=O) groups is 1. The molecule has 2 aromatic rings. The van der Waals surface area contributed by atoms with Gasteiger partial charge in [-0.15, -0.1) is 0 Å². The average Bonchev–Trinajstić information content (AvgIpc) is 3.00. The third-order valence-corrected chi connectivity index (χ3v) is 8.09. The molecule has 0 unspecified atom stereocenters. The molecule has 1 N–H and O–H groups in total. The van der Waals surface area contributed by atoms with Gasteiger partial charge in [0.25, 0.3) is 0 Å². The molecule has 162 valence electrons. The van der Waals surface area contributed by atoms with Gasteiger partial charge in [0.2, 0.25) is 10.0 Å². The molecule has 0 atom stereocenters. The zero-order chi connectivity index (χ0) is 21.3. The van der Waals surface area contributed by atoms with Crippen LogP contribution in [0.5, 0.6) is 0 Å². The molecule has 0 radical (unpaired) electrons. The lowest BCUT2D eigenvalue weighted by Gasteiger charge is -2.26. The van der Waals surface area contributed by atoms with Gasteiger partial charge in [-0.05, 0) is 67.9 Å². The third-order valence-electron chi connectivity index (χ3n) is 6.18. The summed E-state index contributed by atoms with van der Waals surface area (Å²) < 4.78 is 34.3. The molecular weight excluding hydrogens is 404 g/mol. The number of nitrogens with zero attached hydrogens (tertiary/aromatic N) is 2. The minimum absolute atomic E-state index is 0.00903. The maximum atomic E-state index is 12.8. The van der Waals surface area contributed by atoms with Gasteiger partial charge in [0.05, 0.1) is 18.1 Å². The van der Waals surface area contributed by atoms with Crippen LogP contribution in [0.3, 0.4) is 0 Å². The first-order valence-electron chi connectivity index (χ1n) is 10.5. The van der Waals surface area contributed by atoms with Crippen LogP contribution in [0.4, 0.5) is 0 Å². The van der Waals surface area contributed by atoms with Gasteiger partial charge in [0, 0.05) is 24.5 Å². The Morgan fingerprint density at radius 2 is 1.77 bits per heavy atom. The van der Waals surface area contributed by atoms with Gasteiger partial charge in [-0.3, -0.25) is 4.79 Å². The first-order valence-corrected chi connectivity index (χ1v) is 11.9. The number of ether oxygens (including phenoxy) is 1. The standard InChI is InChI=1S/C22H28N2O5S/c1-16-20(19-4-2-3-5-21(19)24(16)15-22(25)26)14-17-6-8-18(9-7-17)30(27,28)23-10-12-29-13-11-23/h6-9H,2-5,10-15H2,1H3,(H,25,26). The highest BCUT2D eigenvalue weighted by Gasteiger charge is 2.27. The maximum absolute atomic E-state index is 12.8. The van der Waals surface area contributed by atoms with Crippen molar-refractivity contribution in [2.24, 2.45) is 0 Å². The molecule has 1 aromatic heterocycles. The molecule has 2 heterocycles. The van der Waals surface area contributed by atoms with Crippen LogP contribution in [-0.4, -0.2) is 54.7 Å². The summed E-state index contributed by atoms with van der Waals surface area (Å²) in [5.41, 5.74) is 5.66. The van der Waals surface area contributed by atoms with Crippen molar-refractivity contribution < 1.29 is 23.1 Å². The summed E-state index contributed by atoms with van der Waals surface area (Å²) in [6.07, 6.45) is 4.78. The monoisotopic (exact) mass is 432 g/mol. The molecule has 0 bridgehead atoms. The van der Waals surface area contributed by atoms with E-state index in [1.165, 1.54) is 15.4 Å². The molecule has 1 aromatic carbocycles. The number of carboxylic acid groups (broad SMARTS) is 1. The van der Waals surface area contributed by atoms with Crippen molar-refractivity contribution in [3.63, 3.8) is 0 Å².